The first kappa shape index (κ1) is 12.0. The van der Waals surface area contributed by atoms with E-state index in [9.17, 15) is 0 Å². The van der Waals surface area contributed by atoms with E-state index in [1.807, 2.05) is 30.3 Å². The Bertz CT molecular complexity index is 847. The SMILES string of the molecule is C#Cc1ccccc1-c1nc(N)c2cc(N)ccc2n1. The van der Waals surface area contributed by atoms with Gasteiger partial charge in [0.25, 0.3) is 0 Å². The minimum Gasteiger partial charge on any atom is -0.399 e. The Kier molecular flexibility index (Phi) is 2.73. The fourth-order valence-corrected chi connectivity index (χ4v) is 2.09. The zero-order valence-electron chi connectivity index (χ0n) is 10.7. The number of hydrogen-bond donors (Lipinski definition) is 2. The van der Waals surface area contributed by atoms with Crippen LogP contribution in [0.15, 0.2) is 42.5 Å². The number of nitrogens with zero attached hydrogens (tertiary/aromatic N) is 2. The molecule has 4 heteroatoms. The second-order valence-electron chi connectivity index (χ2n) is 4.40. The van der Waals surface area contributed by atoms with E-state index in [0.29, 0.717) is 17.3 Å². The van der Waals surface area contributed by atoms with Crippen molar-refractivity contribution in [3.8, 4) is 23.7 Å². The number of terminal acetylenes is 1. The van der Waals surface area contributed by atoms with E-state index < -0.39 is 0 Å². The highest BCUT2D eigenvalue weighted by atomic mass is 14.9. The summed E-state index contributed by atoms with van der Waals surface area (Å²) in [5.41, 5.74) is 14.6. The number of fused-ring (bicyclic) bond motifs is 1. The molecule has 96 valence electrons. The van der Waals surface area contributed by atoms with Gasteiger partial charge in [0.1, 0.15) is 5.82 Å². The lowest BCUT2D eigenvalue weighted by atomic mass is 10.1. The average molecular weight is 260 g/mol. The molecule has 0 aliphatic heterocycles. The minimum atomic E-state index is 0.393. The van der Waals surface area contributed by atoms with Crippen molar-refractivity contribution in [2.24, 2.45) is 0 Å². The molecule has 1 aromatic heterocycles. The Morgan fingerprint density at radius 1 is 1.00 bits per heavy atom. The number of nitrogen functional groups attached to an aromatic ring is 2. The summed E-state index contributed by atoms with van der Waals surface area (Å²) in [7, 11) is 0. The predicted molar refractivity (Wildman–Crippen MR) is 81.7 cm³/mol. The van der Waals surface area contributed by atoms with Crippen LogP contribution in [0.5, 0.6) is 0 Å². The molecule has 2 aromatic carbocycles. The summed E-state index contributed by atoms with van der Waals surface area (Å²) in [4.78, 5) is 8.85. The molecule has 0 saturated carbocycles. The first-order valence-corrected chi connectivity index (χ1v) is 6.08. The monoisotopic (exact) mass is 260 g/mol. The summed E-state index contributed by atoms with van der Waals surface area (Å²) in [5, 5.41) is 0.743. The van der Waals surface area contributed by atoms with E-state index in [4.69, 9.17) is 17.9 Å². The van der Waals surface area contributed by atoms with Crippen LogP contribution in [0, 0.1) is 12.3 Å². The van der Waals surface area contributed by atoms with Gasteiger partial charge in [-0.3, -0.25) is 0 Å². The molecule has 0 amide bonds. The number of nitrogens with two attached hydrogens (primary N) is 2. The van der Waals surface area contributed by atoms with Gasteiger partial charge in [0.05, 0.1) is 5.52 Å². The number of benzene rings is 2. The van der Waals surface area contributed by atoms with Crippen LogP contribution in [-0.4, -0.2) is 9.97 Å². The van der Waals surface area contributed by atoms with Crippen molar-refractivity contribution >= 4 is 22.4 Å². The summed E-state index contributed by atoms with van der Waals surface area (Å²) in [6.45, 7) is 0. The number of aromatic nitrogens is 2. The number of rotatable bonds is 1. The molecule has 20 heavy (non-hydrogen) atoms. The fourth-order valence-electron chi connectivity index (χ4n) is 2.09. The molecule has 0 aliphatic rings. The predicted octanol–water partition coefficient (Wildman–Crippen LogP) is 2.44. The van der Waals surface area contributed by atoms with Crippen molar-refractivity contribution in [2.75, 3.05) is 11.5 Å². The second-order valence-corrected chi connectivity index (χ2v) is 4.40. The third kappa shape index (κ3) is 1.91. The lowest BCUT2D eigenvalue weighted by Crippen LogP contribution is -1.99. The van der Waals surface area contributed by atoms with E-state index >= 15 is 0 Å². The van der Waals surface area contributed by atoms with Crippen LogP contribution >= 0.6 is 0 Å². The first-order valence-electron chi connectivity index (χ1n) is 6.08. The van der Waals surface area contributed by atoms with Crippen LogP contribution < -0.4 is 11.5 Å². The Balaban J connectivity index is 2.28. The molecule has 4 N–H and O–H groups in total. The van der Waals surface area contributed by atoms with Gasteiger partial charge in [0.15, 0.2) is 5.82 Å². The molecule has 0 fully saturated rings. The largest absolute Gasteiger partial charge is 0.399 e. The number of anilines is 2. The molecule has 1 heterocycles. The van der Waals surface area contributed by atoms with Gasteiger partial charge in [-0.1, -0.05) is 18.1 Å². The van der Waals surface area contributed by atoms with Gasteiger partial charge < -0.3 is 11.5 Å². The Hall–Kier alpha value is -3.06. The summed E-state index contributed by atoms with van der Waals surface area (Å²) >= 11 is 0. The summed E-state index contributed by atoms with van der Waals surface area (Å²) in [6.07, 6.45) is 5.51. The van der Waals surface area contributed by atoms with Crippen LogP contribution in [0.3, 0.4) is 0 Å². The Labute approximate surface area is 116 Å². The molecule has 0 radical (unpaired) electrons. The maximum Gasteiger partial charge on any atom is 0.163 e. The van der Waals surface area contributed by atoms with Gasteiger partial charge in [-0.05, 0) is 30.3 Å². The quantitative estimate of drug-likeness (QED) is 0.520. The highest BCUT2D eigenvalue weighted by Crippen LogP contribution is 2.26. The first-order chi connectivity index (χ1) is 9.69. The van der Waals surface area contributed by atoms with Crippen molar-refractivity contribution in [1.29, 1.82) is 0 Å². The minimum absolute atomic E-state index is 0.393. The highest BCUT2D eigenvalue weighted by molar-refractivity contribution is 5.92. The highest BCUT2D eigenvalue weighted by Gasteiger charge is 2.10. The van der Waals surface area contributed by atoms with Gasteiger partial charge in [-0.15, -0.1) is 6.42 Å². The third-order valence-electron chi connectivity index (χ3n) is 3.07. The smallest absolute Gasteiger partial charge is 0.163 e. The molecule has 0 aliphatic carbocycles. The summed E-state index contributed by atoms with van der Waals surface area (Å²) < 4.78 is 0. The van der Waals surface area contributed by atoms with E-state index in [0.717, 1.165) is 22.0 Å². The number of hydrogen-bond acceptors (Lipinski definition) is 4. The molecule has 3 aromatic rings. The van der Waals surface area contributed by atoms with E-state index in [1.54, 1.807) is 12.1 Å². The van der Waals surface area contributed by atoms with Crippen LogP contribution in [0.25, 0.3) is 22.3 Å². The van der Waals surface area contributed by atoms with Gasteiger partial charge >= 0.3 is 0 Å². The van der Waals surface area contributed by atoms with E-state index in [-0.39, 0.29) is 0 Å². The molecule has 0 bridgehead atoms. The molecule has 3 rings (SSSR count). The van der Waals surface area contributed by atoms with Crippen LogP contribution in [0.2, 0.25) is 0 Å². The van der Waals surface area contributed by atoms with E-state index in [1.165, 1.54) is 0 Å². The van der Waals surface area contributed by atoms with Gasteiger partial charge in [0, 0.05) is 22.2 Å². The molecule has 0 spiro atoms. The van der Waals surface area contributed by atoms with Crippen molar-refractivity contribution in [1.82, 2.24) is 9.97 Å². The van der Waals surface area contributed by atoms with Gasteiger partial charge in [-0.25, -0.2) is 9.97 Å². The molecular weight excluding hydrogens is 248 g/mol. The van der Waals surface area contributed by atoms with Crippen LogP contribution in [0.1, 0.15) is 5.56 Å². The van der Waals surface area contributed by atoms with Crippen molar-refractivity contribution in [3.63, 3.8) is 0 Å². The third-order valence-corrected chi connectivity index (χ3v) is 3.07. The normalized spacial score (nSPS) is 10.3. The molecular formula is C16H12N4. The Morgan fingerprint density at radius 3 is 2.60 bits per heavy atom. The molecule has 4 nitrogen and oxygen atoms in total. The van der Waals surface area contributed by atoms with Crippen molar-refractivity contribution < 1.29 is 0 Å². The molecule has 0 unspecified atom stereocenters. The van der Waals surface area contributed by atoms with Crippen molar-refractivity contribution in [2.45, 2.75) is 0 Å². The second kappa shape index (κ2) is 4.56. The molecule has 0 saturated heterocycles. The average Bonchev–Trinajstić information content (AvgIpc) is 2.47. The Morgan fingerprint density at radius 2 is 1.80 bits per heavy atom. The molecule has 0 atom stereocenters. The van der Waals surface area contributed by atoms with Crippen LogP contribution in [-0.2, 0) is 0 Å². The maximum absolute atomic E-state index is 6.00. The zero-order valence-corrected chi connectivity index (χ0v) is 10.7. The lowest BCUT2D eigenvalue weighted by Gasteiger charge is -2.07. The topological polar surface area (TPSA) is 77.8 Å². The van der Waals surface area contributed by atoms with E-state index in [2.05, 4.69) is 15.9 Å². The summed E-state index contributed by atoms with van der Waals surface area (Å²) in [6, 6.07) is 12.9. The fraction of sp³-hybridized carbons (Fsp3) is 0. The van der Waals surface area contributed by atoms with Gasteiger partial charge in [0.2, 0.25) is 0 Å². The summed E-state index contributed by atoms with van der Waals surface area (Å²) in [5.74, 6) is 3.54. The van der Waals surface area contributed by atoms with Crippen molar-refractivity contribution in [3.05, 3.63) is 48.0 Å². The van der Waals surface area contributed by atoms with Crippen LogP contribution in [0.4, 0.5) is 11.5 Å². The lowest BCUT2D eigenvalue weighted by molar-refractivity contribution is 1.23. The van der Waals surface area contributed by atoms with Gasteiger partial charge in [-0.2, -0.15) is 0 Å². The maximum atomic E-state index is 6.00. The standard InChI is InChI=1S/C16H12N4/c1-2-10-5-3-4-6-12(10)16-19-14-8-7-11(17)9-13(14)15(18)20-16/h1,3-9H,17H2,(H2,18,19,20). The zero-order chi connectivity index (χ0) is 14.1.